The Morgan fingerprint density at radius 1 is 1.17 bits per heavy atom. The number of fused-ring (bicyclic) bond motifs is 1. The standard InChI is InChI=1S/C19H18FNO3/c20-16-4-2-1-3-14(16)10-19(22)21-8-7-15(11-21)13-5-6-17-18(9-13)24-12-23-17/h1-6,9,15H,7-8,10-12H2/t15-/m0/s1. The average molecular weight is 327 g/mol. The number of halogens is 1. The molecule has 0 aliphatic carbocycles. The first-order valence-corrected chi connectivity index (χ1v) is 8.11. The maximum atomic E-state index is 13.7. The fourth-order valence-electron chi connectivity index (χ4n) is 3.34. The number of carbonyl (C=O) groups excluding carboxylic acids is 1. The molecule has 2 aliphatic heterocycles. The van der Waals surface area contributed by atoms with Gasteiger partial charge in [-0.15, -0.1) is 0 Å². The van der Waals surface area contributed by atoms with E-state index in [-0.39, 0.29) is 30.9 Å². The first-order chi connectivity index (χ1) is 11.7. The minimum absolute atomic E-state index is 0.0247. The second kappa shape index (κ2) is 6.15. The van der Waals surface area contributed by atoms with Crippen LogP contribution in [0.2, 0.25) is 0 Å². The Morgan fingerprint density at radius 3 is 2.88 bits per heavy atom. The van der Waals surface area contributed by atoms with Gasteiger partial charge in [0.1, 0.15) is 5.82 Å². The minimum atomic E-state index is -0.322. The quantitative estimate of drug-likeness (QED) is 0.869. The van der Waals surface area contributed by atoms with Gasteiger partial charge in [0.25, 0.3) is 0 Å². The van der Waals surface area contributed by atoms with Crippen molar-refractivity contribution in [1.29, 1.82) is 0 Å². The van der Waals surface area contributed by atoms with E-state index in [0.717, 1.165) is 23.5 Å². The summed E-state index contributed by atoms with van der Waals surface area (Å²) < 4.78 is 24.5. The van der Waals surface area contributed by atoms with Gasteiger partial charge in [-0.2, -0.15) is 0 Å². The van der Waals surface area contributed by atoms with Crippen molar-refractivity contribution in [3.8, 4) is 11.5 Å². The van der Waals surface area contributed by atoms with E-state index >= 15 is 0 Å². The van der Waals surface area contributed by atoms with E-state index < -0.39 is 0 Å². The van der Waals surface area contributed by atoms with Crippen LogP contribution in [0.15, 0.2) is 42.5 Å². The predicted octanol–water partition coefficient (Wildman–Crippen LogP) is 3.11. The third-order valence-electron chi connectivity index (χ3n) is 4.71. The number of hydrogen-bond acceptors (Lipinski definition) is 3. The van der Waals surface area contributed by atoms with Crippen LogP contribution in [-0.4, -0.2) is 30.7 Å². The molecule has 2 aliphatic rings. The summed E-state index contributed by atoms with van der Waals surface area (Å²) in [4.78, 5) is 14.3. The molecule has 0 saturated carbocycles. The zero-order chi connectivity index (χ0) is 16.5. The highest BCUT2D eigenvalue weighted by Gasteiger charge is 2.28. The van der Waals surface area contributed by atoms with Crippen molar-refractivity contribution in [3.05, 3.63) is 59.4 Å². The Hall–Kier alpha value is -2.56. The lowest BCUT2D eigenvalue weighted by atomic mass is 9.98. The molecule has 4 rings (SSSR count). The number of amides is 1. The summed E-state index contributed by atoms with van der Waals surface area (Å²) in [6.45, 7) is 1.62. The van der Waals surface area contributed by atoms with Crippen LogP contribution < -0.4 is 9.47 Å². The molecule has 2 heterocycles. The van der Waals surface area contributed by atoms with Crippen LogP contribution in [0, 0.1) is 5.82 Å². The number of rotatable bonds is 3. The van der Waals surface area contributed by atoms with E-state index in [0.29, 0.717) is 18.7 Å². The molecule has 0 unspecified atom stereocenters. The van der Waals surface area contributed by atoms with E-state index in [2.05, 4.69) is 0 Å². The molecule has 1 fully saturated rings. The molecule has 1 amide bonds. The van der Waals surface area contributed by atoms with Gasteiger partial charge in [-0.3, -0.25) is 4.79 Å². The first-order valence-electron chi connectivity index (χ1n) is 8.11. The van der Waals surface area contributed by atoms with Crippen LogP contribution >= 0.6 is 0 Å². The van der Waals surface area contributed by atoms with Crippen LogP contribution in [0.1, 0.15) is 23.5 Å². The van der Waals surface area contributed by atoms with Gasteiger partial charge in [-0.1, -0.05) is 24.3 Å². The summed E-state index contributed by atoms with van der Waals surface area (Å²) in [6.07, 6.45) is 1.02. The Labute approximate surface area is 139 Å². The van der Waals surface area contributed by atoms with Gasteiger partial charge in [0.05, 0.1) is 6.42 Å². The molecule has 0 aromatic heterocycles. The molecule has 1 atom stereocenters. The minimum Gasteiger partial charge on any atom is -0.454 e. The third kappa shape index (κ3) is 2.82. The van der Waals surface area contributed by atoms with Crippen molar-refractivity contribution in [2.75, 3.05) is 19.9 Å². The lowest BCUT2D eigenvalue weighted by Gasteiger charge is -2.17. The van der Waals surface area contributed by atoms with Crippen molar-refractivity contribution in [2.45, 2.75) is 18.8 Å². The zero-order valence-electron chi connectivity index (χ0n) is 13.2. The highest BCUT2D eigenvalue weighted by atomic mass is 19.1. The van der Waals surface area contributed by atoms with Crippen molar-refractivity contribution < 1.29 is 18.7 Å². The van der Waals surface area contributed by atoms with Crippen LogP contribution in [0.5, 0.6) is 11.5 Å². The van der Waals surface area contributed by atoms with Gasteiger partial charge in [0, 0.05) is 19.0 Å². The van der Waals surface area contributed by atoms with Gasteiger partial charge in [0.2, 0.25) is 12.7 Å². The largest absolute Gasteiger partial charge is 0.454 e. The summed E-state index contributed by atoms with van der Waals surface area (Å²) in [6, 6.07) is 12.4. The molecule has 0 bridgehead atoms. The lowest BCUT2D eigenvalue weighted by molar-refractivity contribution is -0.129. The molecule has 4 nitrogen and oxygen atoms in total. The van der Waals surface area contributed by atoms with E-state index in [1.54, 1.807) is 18.2 Å². The second-order valence-electron chi connectivity index (χ2n) is 6.21. The molecule has 0 N–H and O–H groups in total. The smallest absolute Gasteiger partial charge is 0.231 e. The number of hydrogen-bond donors (Lipinski definition) is 0. The Balaban J connectivity index is 1.43. The maximum Gasteiger partial charge on any atom is 0.231 e. The Bertz CT molecular complexity index is 777. The zero-order valence-corrected chi connectivity index (χ0v) is 13.2. The fraction of sp³-hybridized carbons (Fsp3) is 0.316. The van der Waals surface area contributed by atoms with Crippen LogP contribution in [0.4, 0.5) is 4.39 Å². The summed E-state index contributed by atoms with van der Waals surface area (Å²) in [5, 5.41) is 0. The maximum absolute atomic E-state index is 13.7. The summed E-state index contributed by atoms with van der Waals surface area (Å²) in [5.74, 6) is 1.47. The van der Waals surface area contributed by atoms with Gasteiger partial charge < -0.3 is 14.4 Å². The number of ether oxygens (including phenoxy) is 2. The fourth-order valence-corrected chi connectivity index (χ4v) is 3.34. The van der Waals surface area contributed by atoms with Crippen LogP contribution in [0.25, 0.3) is 0 Å². The Morgan fingerprint density at radius 2 is 2.00 bits per heavy atom. The SMILES string of the molecule is O=C(Cc1ccccc1F)N1CC[C@H](c2ccc3c(c2)OCO3)C1. The number of benzene rings is 2. The molecule has 1 saturated heterocycles. The van der Waals surface area contributed by atoms with Crippen molar-refractivity contribution in [3.63, 3.8) is 0 Å². The van der Waals surface area contributed by atoms with Crippen LogP contribution in [0.3, 0.4) is 0 Å². The third-order valence-corrected chi connectivity index (χ3v) is 4.71. The molecule has 2 aromatic carbocycles. The lowest BCUT2D eigenvalue weighted by Crippen LogP contribution is -2.30. The second-order valence-corrected chi connectivity index (χ2v) is 6.21. The highest BCUT2D eigenvalue weighted by Crippen LogP contribution is 2.37. The van der Waals surface area contributed by atoms with Gasteiger partial charge in [-0.25, -0.2) is 4.39 Å². The highest BCUT2D eigenvalue weighted by molar-refractivity contribution is 5.79. The predicted molar refractivity (Wildman–Crippen MR) is 86.6 cm³/mol. The van der Waals surface area contributed by atoms with Gasteiger partial charge in [-0.05, 0) is 35.7 Å². The normalized spacial score (nSPS) is 18.9. The number of nitrogens with zero attached hydrogens (tertiary/aromatic N) is 1. The Kier molecular flexibility index (Phi) is 3.84. The molecule has 0 radical (unpaired) electrons. The summed E-state index contributed by atoms with van der Waals surface area (Å²) in [5.41, 5.74) is 1.61. The van der Waals surface area contributed by atoms with Gasteiger partial charge >= 0.3 is 0 Å². The molecule has 2 aromatic rings. The average Bonchev–Trinajstić information content (AvgIpc) is 3.25. The molecular formula is C19H18FNO3. The topological polar surface area (TPSA) is 38.8 Å². The number of likely N-dealkylation sites (tertiary alicyclic amines) is 1. The number of carbonyl (C=O) groups is 1. The molecular weight excluding hydrogens is 309 g/mol. The summed E-state index contributed by atoms with van der Waals surface area (Å²) >= 11 is 0. The van der Waals surface area contributed by atoms with E-state index in [1.807, 2.05) is 23.1 Å². The van der Waals surface area contributed by atoms with Crippen molar-refractivity contribution in [1.82, 2.24) is 4.90 Å². The monoisotopic (exact) mass is 327 g/mol. The van der Waals surface area contributed by atoms with E-state index in [1.165, 1.54) is 6.07 Å². The molecule has 5 heteroatoms. The van der Waals surface area contributed by atoms with E-state index in [9.17, 15) is 9.18 Å². The molecule has 0 spiro atoms. The van der Waals surface area contributed by atoms with Crippen molar-refractivity contribution in [2.24, 2.45) is 0 Å². The summed E-state index contributed by atoms with van der Waals surface area (Å²) in [7, 11) is 0. The van der Waals surface area contributed by atoms with Crippen molar-refractivity contribution >= 4 is 5.91 Å². The molecule has 124 valence electrons. The van der Waals surface area contributed by atoms with E-state index in [4.69, 9.17) is 9.47 Å². The molecule has 24 heavy (non-hydrogen) atoms. The van der Waals surface area contributed by atoms with Gasteiger partial charge in [0.15, 0.2) is 11.5 Å². The van der Waals surface area contributed by atoms with Crippen LogP contribution in [-0.2, 0) is 11.2 Å². The first kappa shape index (κ1) is 15.0.